The van der Waals surface area contributed by atoms with Crippen LogP contribution in [0.1, 0.15) is 68.4 Å². The van der Waals surface area contributed by atoms with Crippen molar-refractivity contribution in [3.63, 3.8) is 0 Å². The molecule has 2 saturated heterocycles. The summed E-state index contributed by atoms with van der Waals surface area (Å²) in [7, 11) is -3.79. The molecular formula is C26H39N3O7S. The predicted octanol–water partition coefficient (Wildman–Crippen LogP) is 2.53. The van der Waals surface area contributed by atoms with Gasteiger partial charge in [0.25, 0.3) is 5.91 Å². The van der Waals surface area contributed by atoms with Crippen LogP contribution in [0.5, 0.6) is 0 Å². The number of hydrogen-bond donors (Lipinski definition) is 3. The van der Waals surface area contributed by atoms with Crippen LogP contribution in [0, 0.1) is 12.3 Å². The number of nitrogens with one attached hydrogen (secondary N) is 1. The number of likely N-dealkylation sites (tertiary alicyclic amines) is 1. The minimum atomic E-state index is -3.79. The van der Waals surface area contributed by atoms with Gasteiger partial charge in [0, 0.05) is 26.2 Å². The maximum atomic E-state index is 13.4. The van der Waals surface area contributed by atoms with Gasteiger partial charge in [0.15, 0.2) is 0 Å². The van der Waals surface area contributed by atoms with Crippen molar-refractivity contribution in [2.45, 2.75) is 76.4 Å². The zero-order valence-corrected chi connectivity index (χ0v) is 22.3. The van der Waals surface area contributed by atoms with Gasteiger partial charge in [-0.15, -0.1) is 0 Å². The van der Waals surface area contributed by atoms with E-state index in [4.69, 9.17) is 4.74 Å². The van der Waals surface area contributed by atoms with E-state index >= 15 is 0 Å². The molecule has 3 aliphatic rings. The molecule has 0 radical (unpaired) electrons. The lowest BCUT2D eigenvalue weighted by Crippen LogP contribution is -2.55. The number of nitrogens with zero attached hydrogens (tertiary/aromatic N) is 2. The molecule has 206 valence electrons. The molecule has 0 aromatic heterocycles. The number of carbonyl (C=O) groups excluding carboxylic acids is 2. The number of aliphatic hydroxyl groups excluding tert-OH is 1. The lowest BCUT2D eigenvalue weighted by atomic mass is 9.79. The van der Waals surface area contributed by atoms with Gasteiger partial charge in [-0.1, -0.05) is 30.7 Å². The maximum absolute atomic E-state index is 13.4. The number of piperidine rings is 2. The fourth-order valence-corrected chi connectivity index (χ4v) is 8.09. The van der Waals surface area contributed by atoms with Crippen molar-refractivity contribution in [1.29, 1.82) is 0 Å². The second-order valence-electron chi connectivity index (χ2n) is 10.8. The Hall–Kier alpha value is -2.21. The van der Waals surface area contributed by atoms with E-state index in [-0.39, 0.29) is 25.9 Å². The third kappa shape index (κ3) is 6.27. The fourth-order valence-electron chi connectivity index (χ4n) is 6.02. The van der Waals surface area contributed by atoms with E-state index in [2.05, 4.69) is 19.1 Å². The first-order valence-electron chi connectivity index (χ1n) is 13.3. The van der Waals surface area contributed by atoms with Crippen molar-refractivity contribution in [2.75, 3.05) is 31.9 Å². The minimum Gasteiger partial charge on any atom is -0.443 e. The average Bonchev–Trinajstić information content (AvgIpc) is 2.90. The Morgan fingerprint density at radius 1 is 1.05 bits per heavy atom. The van der Waals surface area contributed by atoms with Crippen molar-refractivity contribution in [3.8, 4) is 0 Å². The normalized spacial score (nSPS) is 25.4. The molecule has 3 N–H and O–H groups in total. The zero-order valence-electron chi connectivity index (χ0n) is 21.5. The highest BCUT2D eigenvalue weighted by Crippen LogP contribution is 2.37. The molecular weight excluding hydrogens is 498 g/mol. The maximum Gasteiger partial charge on any atom is 0.410 e. The number of ether oxygens (including phenoxy) is 1. The first kappa shape index (κ1) is 27.8. The third-order valence-electron chi connectivity index (χ3n) is 8.42. The molecule has 3 fully saturated rings. The largest absolute Gasteiger partial charge is 0.443 e. The summed E-state index contributed by atoms with van der Waals surface area (Å²) in [6.07, 6.45) is 2.77. The minimum absolute atomic E-state index is 0.0839. The number of aliphatic hydroxyl groups is 1. The molecule has 1 aliphatic carbocycles. The van der Waals surface area contributed by atoms with Gasteiger partial charge in [-0.05, 0) is 68.9 Å². The summed E-state index contributed by atoms with van der Waals surface area (Å²) < 4.78 is 33.8. The highest BCUT2D eigenvalue weighted by Gasteiger charge is 2.47. The van der Waals surface area contributed by atoms with E-state index in [0.717, 1.165) is 12.8 Å². The van der Waals surface area contributed by atoms with Crippen molar-refractivity contribution in [3.05, 3.63) is 35.4 Å². The molecule has 2 unspecified atom stereocenters. The van der Waals surface area contributed by atoms with Crippen molar-refractivity contribution in [1.82, 2.24) is 14.7 Å². The monoisotopic (exact) mass is 537 g/mol. The van der Waals surface area contributed by atoms with Crippen LogP contribution >= 0.6 is 0 Å². The van der Waals surface area contributed by atoms with E-state index in [1.165, 1.54) is 20.3 Å². The topological polar surface area (TPSA) is 136 Å². The van der Waals surface area contributed by atoms with Crippen molar-refractivity contribution >= 4 is 22.0 Å². The van der Waals surface area contributed by atoms with E-state index in [1.807, 2.05) is 12.1 Å². The van der Waals surface area contributed by atoms with Gasteiger partial charge in [0.1, 0.15) is 6.10 Å². The van der Waals surface area contributed by atoms with Crippen LogP contribution in [0.15, 0.2) is 24.3 Å². The third-order valence-corrected chi connectivity index (χ3v) is 10.5. The van der Waals surface area contributed by atoms with E-state index in [9.17, 15) is 28.3 Å². The highest BCUT2D eigenvalue weighted by atomic mass is 32.2. The SMILES string of the molecule is Cc1ccccc1C1CCN(S(=O)(=O)CC2(C(=O)NO)CCN(C(=O)OC3CCCCC3O)CC2)CC1. The molecule has 10 nitrogen and oxygen atoms in total. The van der Waals surface area contributed by atoms with Crippen LogP contribution in [0.2, 0.25) is 0 Å². The summed E-state index contributed by atoms with van der Waals surface area (Å²) in [4.78, 5) is 26.9. The number of amides is 2. The van der Waals surface area contributed by atoms with Gasteiger partial charge in [-0.2, -0.15) is 0 Å². The molecule has 1 aromatic rings. The number of aryl methyl sites for hydroxylation is 1. The Kier molecular flexibility index (Phi) is 8.77. The number of benzene rings is 1. The highest BCUT2D eigenvalue weighted by molar-refractivity contribution is 7.89. The number of sulfonamides is 1. The first-order valence-corrected chi connectivity index (χ1v) is 14.9. The van der Waals surface area contributed by atoms with Crippen LogP contribution in [-0.4, -0.2) is 84.1 Å². The van der Waals surface area contributed by atoms with Crippen molar-refractivity contribution < 1.29 is 33.1 Å². The van der Waals surface area contributed by atoms with Crippen LogP contribution in [0.3, 0.4) is 0 Å². The van der Waals surface area contributed by atoms with E-state index in [1.54, 1.807) is 5.48 Å². The Morgan fingerprint density at radius 2 is 1.70 bits per heavy atom. The lowest BCUT2D eigenvalue weighted by molar-refractivity contribution is -0.141. The molecule has 1 aromatic carbocycles. The van der Waals surface area contributed by atoms with Crippen LogP contribution < -0.4 is 5.48 Å². The van der Waals surface area contributed by atoms with Crippen LogP contribution in [0.4, 0.5) is 4.79 Å². The summed E-state index contributed by atoms with van der Waals surface area (Å²) in [5.74, 6) is -0.882. The molecule has 4 rings (SSSR count). The molecule has 2 atom stereocenters. The van der Waals surface area contributed by atoms with Crippen molar-refractivity contribution in [2.24, 2.45) is 5.41 Å². The summed E-state index contributed by atoms with van der Waals surface area (Å²) in [5, 5.41) is 19.5. The molecule has 2 amide bonds. The predicted molar refractivity (Wildman–Crippen MR) is 136 cm³/mol. The average molecular weight is 538 g/mol. The standard InChI is InChI=1S/C26H39N3O7S/c1-19-6-2-3-7-21(19)20-10-14-29(15-11-20)37(34,35)18-26(24(31)27-33)12-16-28(17-13-26)25(32)36-23-9-5-4-8-22(23)30/h2-3,6-7,20,22-23,30,33H,4-5,8-18H2,1H3,(H,27,31). The van der Waals surface area contributed by atoms with Gasteiger partial charge in [-0.3, -0.25) is 10.0 Å². The Labute approximate surface area is 219 Å². The Bertz CT molecular complexity index is 1060. The number of hydroxylamine groups is 1. The Balaban J connectivity index is 1.37. The van der Waals surface area contributed by atoms with Crippen LogP contribution in [0.25, 0.3) is 0 Å². The molecule has 0 spiro atoms. The summed E-state index contributed by atoms with van der Waals surface area (Å²) in [6, 6.07) is 8.16. The molecule has 37 heavy (non-hydrogen) atoms. The fraction of sp³-hybridized carbons (Fsp3) is 0.692. The smallest absolute Gasteiger partial charge is 0.410 e. The van der Waals surface area contributed by atoms with Gasteiger partial charge in [-0.25, -0.2) is 23.0 Å². The second-order valence-corrected chi connectivity index (χ2v) is 12.7. The summed E-state index contributed by atoms with van der Waals surface area (Å²) >= 11 is 0. The molecule has 2 heterocycles. The summed E-state index contributed by atoms with van der Waals surface area (Å²) in [5.41, 5.74) is 2.76. The lowest BCUT2D eigenvalue weighted by Gasteiger charge is -2.41. The van der Waals surface area contributed by atoms with Gasteiger partial charge in [0.05, 0.1) is 17.3 Å². The summed E-state index contributed by atoms with van der Waals surface area (Å²) in [6.45, 7) is 3.07. The second kappa shape index (κ2) is 11.7. The number of hydrogen-bond acceptors (Lipinski definition) is 7. The first-order chi connectivity index (χ1) is 17.6. The van der Waals surface area contributed by atoms with Crippen LogP contribution in [-0.2, 0) is 19.6 Å². The van der Waals surface area contributed by atoms with E-state index in [0.29, 0.717) is 44.7 Å². The number of carbonyl (C=O) groups is 2. The zero-order chi connectivity index (χ0) is 26.6. The molecule has 2 aliphatic heterocycles. The number of rotatable bonds is 6. The van der Waals surface area contributed by atoms with E-state index < -0.39 is 45.4 Å². The van der Waals surface area contributed by atoms with Gasteiger partial charge in [0.2, 0.25) is 10.0 Å². The molecule has 1 saturated carbocycles. The van der Waals surface area contributed by atoms with Gasteiger partial charge < -0.3 is 14.7 Å². The van der Waals surface area contributed by atoms with Gasteiger partial charge >= 0.3 is 6.09 Å². The molecule has 0 bridgehead atoms. The quantitative estimate of drug-likeness (QED) is 0.375. The Morgan fingerprint density at radius 3 is 2.32 bits per heavy atom. The molecule has 11 heteroatoms.